The number of amides is 1. The highest BCUT2D eigenvalue weighted by Crippen LogP contribution is 2.17. The molecule has 5 nitrogen and oxygen atoms in total. The monoisotopic (exact) mass is 288 g/mol. The van der Waals surface area contributed by atoms with Crippen molar-refractivity contribution in [3.63, 3.8) is 0 Å². The number of aromatic nitrogens is 1. The SMILES string of the molecule is COCCOc1ccc(NC(=O)c2ccn(C)c2C)cc1. The number of nitrogens with zero attached hydrogens (tertiary/aromatic N) is 1. The molecule has 0 aliphatic rings. The highest BCUT2D eigenvalue weighted by molar-refractivity contribution is 6.05. The molecule has 0 aliphatic heterocycles. The van der Waals surface area contributed by atoms with E-state index >= 15 is 0 Å². The van der Waals surface area contributed by atoms with Gasteiger partial charge in [0, 0.05) is 31.7 Å². The largest absolute Gasteiger partial charge is 0.491 e. The molecule has 0 saturated carbocycles. The van der Waals surface area contributed by atoms with E-state index in [-0.39, 0.29) is 5.91 Å². The molecule has 0 spiro atoms. The number of rotatable bonds is 6. The fraction of sp³-hybridized carbons (Fsp3) is 0.312. The van der Waals surface area contributed by atoms with Crippen molar-refractivity contribution < 1.29 is 14.3 Å². The fourth-order valence-electron chi connectivity index (χ4n) is 1.92. The smallest absolute Gasteiger partial charge is 0.257 e. The molecular formula is C16H20N2O3. The van der Waals surface area contributed by atoms with Crippen LogP contribution in [0.1, 0.15) is 16.1 Å². The molecule has 1 heterocycles. The van der Waals surface area contributed by atoms with E-state index in [1.165, 1.54) is 0 Å². The molecule has 1 N–H and O–H groups in total. The molecule has 1 aromatic carbocycles. The highest BCUT2D eigenvalue weighted by atomic mass is 16.5. The van der Waals surface area contributed by atoms with Crippen LogP contribution in [0.4, 0.5) is 5.69 Å². The second-order valence-corrected chi connectivity index (χ2v) is 4.75. The second-order valence-electron chi connectivity index (χ2n) is 4.75. The van der Waals surface area contributed by atoms with Crippen molar-refractivity contribution in [1.82, 2.24) is 4.57 Å². The number of aryl methyl sites for hydroxylation is 1. The maximum Gasteiger partial charge on any atom is 0.257 e. The lowest BCUT2D eigenvalue weighted by Crippen LogP contribution is -2.13. The van der Waals surface area contributed by atoms with Crippen LogP contribution >= 0.6 is 0 Å². The number of methoxy groups -OCH3 is 1. The predicted octanol–water partition coefficient (Wildman–Crippen LogP) is 2.61. The Kier molecular flexibility index (Phi) is 5.00. The zero-order chi connectivity index (χ0) is 15.2. The Morgan fingerprint density at radius 3 is 2.48 bits per heavy atom. The van der Waals surface area contributed by atoms with Crippen molar-refractivity contribution in [2.24, 2.45) is 7.05 Å². The van der Waals surface area contributed by atoms with Crippen LogP contribution in [-0.2, 0) is 11.8 Å². The first kappa shape index (κ1) is 15.1. The third-order valence-electron chi connectivity index (χ3n) is 3.30. The Bertz CT molecular complexity index is 602. The number of carbonyl (C=O) groups is 1. The average Bonchev–Trinajstić information content (AvgIpc) is 2.81. The zero-order valence-corrected chi connectivity index (χ0v) is 12.6. The van der Waals surface area contributed by atoms with Gasteiger partial charge in [-0.1, -0.05) is 0 Å². The van der Waals surface area contributed by atoms with Crippen molar-refractivity contribution in [3.8, 4) is 5.75 Å². The van der Waals surface area contributed by atoms with Crippen molar-refractivity contribution in [2.45, 2.75) is 6.92 Å². The van der Waals surface area contributed by atoms with Gasteiger partial charge in [-0.25, -0.2) is 0 Å². The maximum absolute atomic E-state index is 12.2. The van der Waals surface area contributed by atoms with Crippen LogP contribution in [0.2, 0.25) is 0 Å². The topological polar surface area (TPSA) is 52.5 Å². The van der Waals surface area contributed by atoms with E-state index in [2.05, 4.69) is 5.32 Å². The van der Waals surface area contributed by atoms with Gasteiger partial charge in [-0.05, 0) is 37.3 Å². The summed E-state index contributed by atoms with van der Waals surface area (Å²) in [5.41, 5.74) is 2.35. The molecule has 112 valence electrons. The van der Waals surface area contributed by atoms with E-state index in [1.54, 1.807) is 7.11 Å². The Balaban J connectivity index is 1.97. The van der Waals surface area contributed by atoms with Gasteiger partial charge in [0.2, 0.25) is 0 Å². The number of hydrogen-bond acceptors (Lipinski definition) is 3. The summed E-state index contributed by atoms with van der Waals surface area (Å²) in [6.45, 7) is 2.97. The van der Waals surface area contributed by atoms with Gasteiger partial charge in [0.25, 0.3) is 5.91 Å². The number of carbonyl (C=O) groups excluding carboxylic acids is 1. The molecule has 0 fully saturated rings. The molecule has 1 aromatic heterocycles. The van der Waals surface area contributed by atoms with Gasteiger partial charge in [0.15, 0.2) is 0 Å². The number of anilines is 1. The molecule has 0 atom stereocenters. The van der Waals surface area contributed by atoms with E-state index in [0.29, 0.717) is 18.8 Å². The first-order valence-corrected chi connectivity index (χ1v) is 6.77. The lowest BCUT2D eigenvalue weighted by molar-refractivity contribution is 0.102. The first-order valence-electron chi connectivity index (χ1n) is 6.77. The molecule has 0 unspecified atom stereocenters. The Morgan fingerprint density at radius 1 is 1.19 bits per heavy atom. The molecule has 0 saturated heterocycles. The summed E-state index contributed by atoms with van der Waals surface area (Å²) < 4.78 is 12.3. The molecular weight excluding hydrogens is 268 g/mol. The summed E-state index contributed by atoms with van der Waals surface area (Å²) in [5.74, 6) is 0.641. The standard InChI is InChI=1S/C16H20N2O3/c1-12-15(8-9-18(12)2)16(19)17-13-4-6-14(7-5-13)21-11-10-20-3/h4-9H,10-11H2,1-3H3,(H,17,19). The van der Waals surface area contributed by atoms with Gasteiger partial charge in [-0.15, -0.1) is 0 Å². The van der Waals surface area contributed by atoms with Gasteiger partial charge in [0.05, 0.1) is 12.2 Å². The Hall–Kier alpha value is -2.27. The minimum Gasteiger partial charge on any atom is -0.491 e. The van der Waals surface area contributed by atoms with Crippen LogP contribution in [0, 0.1) is 6.92 Å². The molecule has 2 aromatic rings. The van der Waals surface area contributed by atoms with Crippen molar-refractivity contribution >= 4 is 11.6 Å². The van der Waals surface area contributed by atoms with E-state index in [9.17, 15) is 4.79 Å². The van der Waals surface area contributed by atoms with E-state index in [0.717, 1.165) is 17.1 Å². The second kappa shape index (κ2) is 6.95. The molecule has 0 bridgehead atoms. The van der Waals surface area contributed by atoms with Crippen LogP contribution in [0.25, 0.3) is 0 Å². The quantitative estimate of drug-likeness (QED) is 0.831. The van der Waals surface area contributed by atoms with Crippen molar-refractivity contribution in [2.75, 3.05) is 25.6 Å². The third-order valence-corrected chi connectivity index (χ3v) is 3.30. The zero-order valence-electron chi connectivity index (χ0n) is 12.6. The molecule has 1 amide bonds. The van der Waals surface area contributed by atoms with Crippen LogP contribution in [0.5, 0.6) is 5.75 Å². The average molecular weight is 288 g/mol. The summed E-state index contributed by atoms with van der Waals surface area (Å²) in [5, 5.41) is 2.87. The summed E-state index contributed by atoms with van der Waals surface area (Å²) in [6, 6.07) is 9.09. The highest BCUT2D eigenvalue weighted by Gasteiger charge is 2.11. The summed E-state index contributed by atoms with van der Waals surface area (Å²) in [4.78, 5) is 12.2. The van der Waals surface area contributed by atoms with Gasteiger partial charge in [0.1, 0.15) is 12.4 Å². The van der Waals surface area contributed by atoms with E-state index < -0.39 is 0 Å². The molecule has 21 heavy (non-hydrogen) atoms. The molecule has 0 aliphatic carbocycles. The van der Waals surface area contributed by atoms with Crippen LogP contribution in [0.3, 0.4) is 0 Å². The van der Waals surface area contributed by atoms with Gasteiger partial charge in [-0.3, -0.25) is 4.79 Å². The van der Waals surface area contributed by atoms with E-state index in [4.69, 9.17) is 9.47 Å². The summed E-state index contributed by atoms with van der Waals surface area (Å²) in [7, 11) is 3.55. The van der Waals surface area contributed by atoms with Crippen molar-refractivity contribution in [3.05, 3.63) is 47.8 Å². The molecule has 5 heteroatoms. The number of hydrogen-bond donors (Lipinski definition) is 1. The maximum atomic E-state index is 12.2. The normalized spacial score (nSPS) is 10.4. The van der Waals surface area contributed by atoms with Gasteiger partial charge in [-0.2, -0.15) is 0 Å². The number of benzene rings is 1. The molecule has 0 radical (unpaired) electrons. The lowest BCUT2D eigenvalue weighted by Gasteiger charge is -2.08. The summed E-state index contributed by atoms with van der Waals surface area (Å²) >= 11 is 0. The van der Waals surface area contributed by atoms with E-state index in [1.807, 2.05) is 55.1 Å². The Labute approximate surface area is 124 Å². The Morgan fingerprint density at radius 2 is 1.90 bits per heavy atom. The van der Waals surface area contributed by atoms with Gasteiger partial charge >= 0.3 is 0 Å². The minimum absolute atomic E-state index is 0.110. The fourth-order valence-corrected chi connectivity index (χ4v) is 1.92. The van der Waals surface area contributed by atoms with Crippen molar-refractivity contribution in [1.29, 1.82) is 0 Å². The predicted molar refractivity (Wildman–Crippen MR) is 81.9 cm³/mol. The third kappa shape index (κ3) is 3.86. The first-order chi connectivity index (χ1) is 10.1. The lowest BCUT2D eigenvalue weighted by atomic mass is 10.2. The van der Waals surface area contributed by atoms with Crippen LogP contribution in [-0.4, -0.2) is 30.8 Å². The van der Waals surface area contributed by atoms with Crippen LogP contribution in [0.15, 0.2) is 36.5 Å². The number of nitrogens with one attached hydrogen (secondary N) is 1. The molecule has 2 rings (SSSR count). The number of ether oxygens (including phenoxy) is 2. The minimum atomic E-state index is -0.110. The van der Waals surface area contributed by atoms with Gasteiger partial charge < -0.3 is 19.4 Å². The summed E-state index contributed by atoms with van der Waals surface area (Å²) in [6.07, 6.45) is 1.87. The van der Waals surface area contributed by atoms with Crippen LogP contribution < -0.4 is 10.1 Å².